The standard InChI is InChI=1S/C9H12O5/c1-3-7(10)6-14-9(12)5-4-8(11)13-2/h4-5H,3,6H2,1-2H3/b5-4+. The summed E-state index contributed by atoms with van der Waals surface area (Å²) in [6.07, 6.45) is 2.15. The molecule has 0 aliphatic rings. The number of rotatable bonds is 5. The van der Waals surface area contributed by atoms with Gasteiger partial charge < -0.3 is 9.47 Å². The minimum absolute atomic E-state index is 0.176. The van der Waals surface area contributed by atoms with E-state index in [1.54, 1.807) is 6.92 Å². The van der Waals surface area contributed by atoms with E-state index in [1.165, 1.54) is 7.11 Å². The fourth-order valence-corrected chi connectivity index (χ4v) is 0.506. The van der Waals surface area contributed by atoms with E-state index in [-0.39, 0.29) is 12.4 Å². The highest BCUT2D eigenvalue weighted by Gasteiger charge is 2.02. The minimum atomic E-state index is -0.739. The molecule has 0 atom stereocenters. The lowest BCUT2D eigenvalue weighted by atomic mass is 10.3. The van der Waals surface area contributed by atoms with Crippen LogP contribution in [0, 0.1) is 0 Å². The Morgan fingerprint density at radius 2 is 1.71 bits per heavy atom. The van der Waals surface area contributed by atoms with E-state index in [9.17, 15) is 14.4 Å². The van der Waals surface area contributed by atoms with E-state index in [0.29, 0.717) is 6.42 Å². The Balaban J connectivity index is 3.81. The van der Waals surface area contributed by atoms with Crippen molar-refractivity contribution in [1.29, 1.82) is 0 Å². The number of esters is 2. The number of hydrogen-bond acceptors (Lipinski definition) is 5. The van der Waals surface area contributed by atoms with Crippen LogP contribution in [0.2, 0.25) is 0 Å². The Labute approximate surface area is 81.7 Å². The van der Waals surface area contributed by atoms with Crippen LogP contribution >= 0.6 is 0 Å². The van der Waals surface area contributed by atoms with Gasteiger partial charge in [0.1, 0.15) is 6.61 Å². The van der Waals surface area contributed by atoms with Crippen molar-refractivity contribution in [2.75, 3.05) is 13.7 Å². The summed E-state index contributed by atoms with van der Waals surface area (Å²) >= 11 is 0. The number of hydrogen-bond donors (Lipinski definition) is 0. The van der Waals surface area contributed by atoms with E-state index >= 15 is 0 Å². The molecule has 0 amide bonds. The summed E-state index contributed by atoms with van der Waals surface area (Å²) in [5.74, 6) is -1.56. The lowest BCUT2D eigenvalue weighted by Gasteiger charge is -1.98. The van der Waals surface area contributed by atoms with Crippen molar-refractivity contribution in [3.63, 3.8) is 0 Å². The van der Waals surface area contributed by atoms with E-state index in [0.717, 1.165) is 12.2 Å². The van der Waals surface area contributed by atoms with Gasteiger partial charge in [-0.25, -0.2) is 9.59 Å². The van der Waals surface area contributed by atoms with Crippen LogP contribution in [0.5, 0.6) is 0 Å². The van der Waals surface area contributed by atoms with Crippen molar-refractivity contribution in [3.8, 4) is 0 Å². The summed E-state index contributed by atoms with van der Waals surface area (Å²) in [4.78, 5) is 32.1. The molecule has 0 aromatic heterocycles. The average molecular weight is 200 g/mol. The van der Waals surface area contributed by atoms with Crippen LogP contribution < -0.4 is 0 Å². The van der Waals surface area contributed by atoms with Gasteiger partial charge in [0.15, 0.2) is 5.78 Å². The predicted molar refractivity (Wildman–Crippen MR) is 47.4 cm³/mol. The lowest BCUT2D eigenvalue weighted by molar-refractivity contribution is -0.143. The molecule has 0 aliphatic carbocycles. The van der Waals surface area contributed by atoms with Crippen LogP contribution in [-0.2, 0) is 23.9 Å². The van der Waals surface area contributed by atoms with Crippen LogP contribution in [0.1, 0.15) is 13.3 Å². The molecule has 0 unspecified atom stereocenters. The fraction of sp³-hybridized carbons (Fsp3) is 0.444. The zero-order valence-corrected chi connectivity index (χ0v) is 8.11. The van der Waals surface area contributed by atoms with Crippen LogP contribution in [0.15, 0.2) is 12.2 Å². The van der Waals surface area contributed by atoms with Crippen molar-refractivity contribution in [3.05, 3.63) is 12.2 Å². The van der Waals surface area contributed by atoms with E-state index in [4.69, 9.17) is 0 Å². The highest BCUT2D eigenvalue weighted by molar-refractivity contribution is 5.92. The zero-order chi connectivity index (χ0) is 11.0. The van der Waals surface area contributed by atoms with Gasteiger partial charge in [0.05, 0.1) is 7.11 Å². The van der Waals surface area contributed by atoms with Crippen LogP contribution in [0.25, 0.3) is 0 Å². The Kier molecular flexibility index (Phi) is 6.02. The van der Waals surface area contributed by atoms with Crippen molar-refractivity contribution in [2.45, 2.75) is 13.3 Å². The molecule has 0 aromatic carbocycles. The molecule has 0 rings (SSSR count). The second-order valence-electron chi connectivity index (χ2n) is 2.36. The summed E-state index contributed by atoms with van der Waals surface area (Å²) in [5.41, 5.74) is 0. The minimum Gasteiger partial charge on any atom is -0.466 e. The van der Waals surface area contributed by atoms with Gasteiger partial charge in [-0.1, -0.05) is 6.92 Å². The summed E-state index contributed by atoms with van der Waals surface area (Å²) in [7, 11) is 1.19. The quantitative estimate of drug-likeness (QED) is 0.469. The average Bonchev–Trinajstić information content (AvgIpc) is 2.22. The SMILES string of the molecule is CCC(=O)COC(=O)/C=C/C(=O)OC. The first-order valence-electron chi connectivity index (χ1n) is 4.04. The number of methoxy groups -OCH3 is 1. The first-order valence-corrected chi connectivity index (χ1v) is 4.04. The monoisotopic (exact) mass is 200 g/mol. The summed E-state index contributed by atoms with van der Waals surface area (Å²) in [6.45, 7) is 1.40. The van der Waals surface area contributed by atoms with Gasteiger partial charge in [-0.05, 0) is 0 Å². The molecule has 0 bridgehead atoms. The van der Waals surface area contributed by atoms with Gasteiger partial charge in [0, 0.05) is 18.6 Å². The molecule has 5 nitrogen and oxygen atoms in total. The van der Waals surface area contributed by atoms with Gasteiger partial charge >= 0.3 is 11.9 Å². The fourth-order valence-electron chi connectivity index (χ4n) is 0.506. The normalized spacial score (nSPS) is 9.86. The van der Waals surface area contributed by atoms with Crippen LogP contribution in [0.3, 0.4) is 0 Å². The molecule has 0 heterocycles. The molecule has 0 saturated heterocycles. The van der Waals surface area contributed by atoms with Gasteiger partial charge in [0.25, 0.3) is 0 Å². The van der Waals surface area contributed by atoms with Crippen molar-refractivity contribution >= 4 is 17.7 Å². The number of ketones is 1. The Morgan fingerprint density at radius 3 is 2.21 bits per heavy atom. The van der Waals surface area contributed by atoms with Crippen molar-refractivity contribution in [1.82, 2.24) is 0 Å². The predicted octanol–water partition coefficient (Wildman–Crippen LogP) is 0.238. The van der Waals surface area contributed by atoms with E-state index < -0.39 is 11.9 Å². The van der Waals surface area contributed by atoms with Gasteiger partial charge in [-0.15, -0.1) is 0 Å². The third-order valence-electron chi connectivity index (χ3n) is 1.33. The highest BCUT2D eigenvalue weighted by atomic mass is 16.5. The number of carbonyl (C=O) groups excluding carboxylic acids is 3. The third kappa shape index (κ3) is 5.93. The molecule has 78 valence electrons. The molecule has 0 N–H and O–H groups in total. The Morgan fingerprint density at radius 1 is 1.14 bits per heavy atom. The second-order valence-corrected chi connectivity index (χ2v) is 2.36. The molecule has 0 saturated carbocycles. The number of carbonyl (C=O) groups is 3. The summed E-state index contributed by atoms with van der Waals surface area (Å²) < 4.78 is 8.75. The largest absolute Gasteiger partial charge is 0.466 e. The number of ether oxygens (including phenoxy) is 2. The van der Waals surface area contributed by atoms with Crippen molar-refractivity contribution < 1.29 is 23.9 Å². The highest BCUT2D eigenvalue weighted by Crippen LogP contribution is 1.87. The summed E-state index contributed by atoms with van der Waals surface area (Å²) in [5, 5.41) is 0. The smallest absolute Gasteiger partial charge is 0.331 e. The molecule has 14 heavy (non-hydrogen) atoms. The molecule has 5 heteroatoms. The third-order valence-corrected chi connectivity index (χ3v) is 1.33. The maximum atomic E-state index is 10.8. The first kappa shape index (κ1) is 12.3. The zero-order valence-electron chi connectivity index (χ0n) is 8.11. The topological polar surface area (TPSA) is 69.7 Å². The first-order chi connectivity index (χ1) is 6.60. The van der Waals surface area contributed by atoms with Gasteiger partial charge in [-0.3, -0.25) is 4.79 Å². The Hall–Kier alpha value is -1.65. The molecular weight excluding hydrogens is 188 g/mol. The molecule has 0 aromatic rings. The maximum absolute atomic E-state index is 10.8. The lowest BCUT2D eigenvalue weighted by Crippen LogP contribution is -2.11. The maximum Gasteiger partial charge on any atom is 0.331 e. The Bertz CT molecular complexity index is 254. The van der Waals surface area contributed by atoms with Crippen molar-refractivity contribution in [2.24, 2.45) is 0 Å². The van der Waals surface area contributed by atoms with E-state index in [2.05, 4.69) is 9.47 Å². The second kappa shape index (κ2) is 6.82. The molecule has 0 aliphatic heterocycles. The van der Waals surface area contributed by atoms with Crippen LogP contribution in [-0.4, -0.2) is 31.4 Å². The molecular formula is C9H12O5. The van der Waals surface area contributed by atoms with Gasteiger partial charge in [0.2, 0.25) is 0 Å². The van der Waals surface area contributed by atoms with E-state index in [1.807, 2.05) is 0 Å². The summed E-state index contributed by atoms with van der Waals surface area (Å²) in [6, 6.07) is 0. The molecule has 0 radical (unpaired) electrons. The molecule has 0 fully saturated rings. The van der Waals surface area contributed by atoms with Gasteiger partial charge in [-0.2, -0.15) is 0 Å². The molecule has 0 spiro atoms. The van der Waals surface area contributed by atoms with Crippen LogP contribution in [0.4, 0.5) is 0 Å². The number of Topliss-reactive ketones (excluding diaryl/α,β-unsaturated/α-hetero) is 1.